The molecular weight excluding hydrogens is 328 g/mol. The molecule has 4 nitrogen and oxygen atoms in total. The first kappa shape index (κ1) is 16.7. The van der Waals surface area contributed by atoms with Gasteiger partial charge in [-0.3, -0.25) is 4.90 Å². The lowest BCUT2D eigenvalue weighted by Gasteiger charge is -2.36. The van der Waals surface area contributed by atoms with Crippen LogP contribution in [0, 0.1) is 0 Å². The highest BCUT2D eigenvalue weighted by Gasteiger charge is 2.19. The molecule has 0 saturated carbocycles. The SMILES string of the molecule is CCCNCc1cc(Br)cnc1N1CCN(CCC)CC1. The Morgan fingerprint density at radius 2 is 1.95 bits per heavy atom. The molecule has 118 valence electrons. The van der Waals surface area contributed by atoms with E-state index in [1.807, 2.05) is 6.20 Å². The summed E-state index contributed by atoms with van der Waals surface area (Å²) in [6.07, 6.45) is 4.31. The van der Waals surface area contributed by atoms with Gasteiger partial charge in [0, 0.05) is 49.0 Å². The summed E-state index contributed by atoms with van der Waals surface area (Å²) in [7, 11) is 0. The van der Waals surface area contributed by atoms with E-state index in [2.05, 4.69) is 55.9 Å². The van der Waals surface area contributed by atoms with E-state index >= 15 is 0 Å². The highest BCUT2D eigenvalue weighted by Crippen LogP contribution is 2.23. The number of piperazine rings is 1. The number of hydrogen-bond acceptors (Lipinski definition) is 4. The lowest BCUT2D eigenvalue weighted by Crippen LogP contribution is -2.47. The van der Waals surface area contributed by atoms with Crippen molar-refractivity contribution in [1.29, 1.82) is 0 Å². The van der Waals surface area contributed by atoms with E-state index in [0.717, 1.165) is 56.0 Å². The van der Waals surface area contributed by atoms with Crippen LogP contribution in [0.25, 0.3) is 0 Å². The third kappa shape index (κ3) is 4.94. The molecule has 2 rings (SSSR count). The van der Waals surface area contributed by atoms with Crippen molar-refractivity contribution in [3.63, 3.8) is 0 Å². The molecule has 21 heavy (non-hydrogen) atoms. The minimum absolute atomic E-state index is 0.894. The Hall–Kier alpha value is -0.650. The van der Waals surface area contributed by atoms with Crippen LogP contribution < -0.4 is 10.2 Å². The normalized spacial score (nSPS) is 16.4. The van der Waals surface area contributed by atoms with Crippen LogP contribution in [-0.4, -0.2) is 49.2 Å². The van der Waals surface area contributed by atoms with Gasteiger partial charge >= 0.3 is 0 Å². The van der Waals surface area contributed by atoms with Crippen LogP contribution in [0.4, 0.5) is 5.82 Å². The van der Waals surface area contributed by atoms with E-state index in [9.17, 15) is 0 Å². The van der Waals surface area contributed by atoms with Gasteiger partial charge in [-0.15, -0.1) is 0 Å². The van der Waals surface area contributed by atoms with Crippen LogP contribution >= 0.6 is 15.9 Å². The van der Waals surface area contributed by atoms with Crippen molar-refractivity contribution >= 4 is 21.7 Å². The lowest BCUT2D eigenvalue weighted by atomic mass is 10.2. The van der Waals surface area contributed by atoms with E-state index < -0.39 is 0 Å². The van der Waals surface area contributed by atoms with E-state index in [1.54, 1.807) is 0 Å². The standard InChI is InChI=1S/C16H27BrN4/c1-3-5-18-12-14-11-15(17)13-19-16(14)21-9-7-20(6-4-2)8-10-21/h11,13,18H,3-10,12H2,1-2H3. The van der Waals surface area contributed by atoms with Crippen LogP contribution in [-0.2, 0) is 6.54 Å². The molecule has 0 unspecified atom stereocenters. The van der Waals surface area contributed by atoms with E-state index in [-0.39, 0.29) is 0 Å². The van der Waals surface area contributed by atoms with Gasteiger partial charge < -0.3 is 10.2 Å². The number of hydrogen-bond donors (Lipinski definition) is 1. The van der Waals surface area contributed by atoms with Crippen molar-refractivity contribution in [1.82, 2.24) is 15.2 Å². The summed E-state index contributed by atoms with van der Waals surface area (Å²) in [4.78, 5) is 9.65. The number of halogens is 1. The fourth-order valence-electron chi connectivity index (χ4n) is 2.79. The number of anilines is 1. The molecule has 2 heterocycles. The summed E-state index contributed by atoms with van der Waals surface area (Å²) in [5, 5.41) is 3.49. The highest BCUT2D eigenvalue weighted by molar-refractivity contribution is 9.10. The maximum atomic E-state index is 4.67. The Kier molecular flexibility index (Phi) is 6.93. The van der Waals surface area contributed by atoms with Gasteiger partial charge in [0.25, 0.3) is 0 Å². The number of pyridine rings is 1. The zero-order chi connectivity index (χ0) is 15.1. The smallest absolute Gasteiger partial charge is 0.133 e. The maximum absolute atomic E-state index is 4.67. The molecular formula is C16H27BrN4. The first-order valence-electron chi connectivity index (χ1n) is 8.07. The Bertz CT molecular complexity index is 430. The van der Waals surface area contributed by atoms with Crippen molar-refractivity contribution in [2.24, 2.45) is 0 Å². The average molecular weight is 355 g/mol. The Morgan fingerprint density at radius 1 is 1.19 bits per heavy atom. The summed E-state index contributed by atoms with van der Waals surface area (Å²) >= 11 is 3.54. The lowest BCUT2D eigenvalue weighted by molar-refractivity contribution is 0.258. The monoisotopic (exact) mass is 354 g/mol. The summed E-state index contributed by atoms with van der Waals surface area (Å²) in [5.74, 6) is 1.15. The van der Waals surface area contributed by atoms with Gasteiger partial charge in [0.05, 0.1) is 0 Å². The fourth-order valence-corrected chi connectivity index (χ4v) is 3.17. The molecule has 1 aromatic rings. The van der Waals surface area contributed by atoms with E-state index in [4.69, 9.17) is 0 Å². The highest BCUT2D eigenvalue weighted by atomic mass is 79.9. The van der Waals surface area contributed by atoms with Crippen LogP contribution in [0.15, 0.2) is 16.7 Å². The van der Waals surface area contributed by atoms with E-state index in [0.29, 0.717) is 0 Å². The van der Waals surface area contributed by atoms with Crippen molar-refractivity contribution in [3.8, 4) is 0 Å². The molecule has 0 atom stereocenters. The van der Waals surface area contributed by atoms with Gasteiger partial charge in [0.15, 0.2) is 0 Å². The minimum atomic E-state index is 0.894. The third-order valence-corrected chi connectivity index (χ3v) is 4.30. The topological polar surface area (TPSA) is 31.4 Å². The van der Waals surface area contributed by atoms with Crippen molar-refractivity contribution in [3.05, 3.63) is 22.3 Å². The molecule has 1 aromatic heterocycles. The summed E-state index contributed by atoms with van der Waals surface area (Å²) in [6.45, 7) is 12.1. The zero-order valence-corrected chi connectivity index (χ0v) is 14.8. The van der Waals surface area contributed by atoms with Crippen LogP contribution in [0.5, 0.6) is 0 Å². The van der Waals surface area contributed by atoms with Gasteiger partial charge in [-0.25, -0.2) is 4.98 Å². The third-order valence-electron chi connectivity index (χ3n) is 3.86. The molecule has 1 aliphatic rings. The van der Waals surface area contributed by atoms with Crippen LogP contribution in [0.3, 0.4) is 0 Å². The Balaban J connectivity index is 2.01. The second kappa shape index (κ2) is 8.71. The fraction of sp³-hybridized carbons (Fsp3) is 0.688. The first-order valence-corrected chi connectivity index (χ1v) is 8.86. The van der Waals surface area contributed by atoms with Gasteiger partial charge in [-0.05, 0) is 47.9 Å². The number of nitrogens with one attached hydrogen (secondary N) is 1. The summed E-state index contributed by atoms with van der Waals surface area (Å²) in [6, 6.07) is 2.20. The molecule has 0 aliphatic carbocycles. The molecule has 0 aromatic carbocycles. The Labute approximate surface area is 137 Å². The first-order chi connectivity index (χ1) is 10.2. The zero-order valence-electron chi connectivity index (χ0n) is 13.2. The van der Waals surface area contributed by atoms with Crippen LogP contribution in [0.2, 0.25) is 0 Å². The van der Waals surface area contributed by atoms with Gasteiger partial charge in [0.2, 0.25) is 0 Å². The van der Waals surface area contributed by atoms with Gasteiger partial charge in [-0.2, -0.15) is 0 Å². The molecule has 0 amide bonds. The van der Waals surface area contributed by atoms with Gasteiger partial charge in [-0.1, -0.05) is 13.8 Å². The number of aromatic nitrogens is 1. The second-order valence-corrected chi connectivity index (χ2v) is 6.56. The van der Waals surface area contributed by atoms with Gasteiger partial charge in [0.1, 0.15) is 5.82 Å². The quantitative estimate of drug-likeness (QED) is 0.762. The second-order valence-electron chi connectivity index (χ2n) is 5.64. The maximum Gasteiger partial charge on any atom is 0.133 e. The molecule has 1 fully saturated rings. The predicted octanol–water partition coefficient (Wildman–Crippen LogP) is 2.88. The van der Waals surface area contributed by atoms with Crippen molar-refractivity contribution < 1.29 is 0 Å². The molecule has 5 heteroatoms. The molecule has 0 bridgehead atoms. The average Bonchev–Trinajstić information content (AvgIpc) is 2.49. The number of rotatable bonds is 7. The van der Waals surface area contributed by atoms with E-state index in [1.165, 1.54) is 18.5 Å². The molecule has 0 radical (unpaired) electrons. The molecule has 0 spiro atoms. The van der Waals surface area contributed by atoms with Crippen molar-refractivity contribution in [2.75, 3.05) is 44.2 Å². The molecule has 1 N–H and O–H groups in total. The summed E-state index contributed by atoms with van der Waals surface area (Å²) < 4.78 is 1.06. The molecule has 1 aliphatic heterocycles. The van der Waals surface area contributed by atoms with Crippen LogP contribution in [0.1, 0.15) is 32.3 Å². The van der Waals surface area contributed by atoms with Crippen molar-refractivity contribution in [2.45, 2.75) is 33.2 Å². The Morgan fingerprint density at radius 3 is 2.62 bits per heavy atom. The summed E-state index contributed by atoms with van der Waals surface area (Å²) in [5.41, 5.74) is 1.29. The number of nitrogens with zero attached hydrogens (tertiary/aromatic N) is 3. The minimum Gasteiger partial charge on any atom is -0.354 e. The predicted molar refractivity (Wildman–Crippen MR) is 92.9 cm³/mol. The largest absolute Gasteiger partial charge is 0.354 e. The molecule has 1 saturated heterocycles.